The summed E-state index contributed by atoms with van der Waals surface area (Å²) in [5.41, 5.74) is 3.72. The summed E-state index contributed by atoms with van der Waals surface area (Å²) in [6.45, 7) is 0. The standard InChI is InChI=1S/C16H10BrN3/c17-15-8-12(9-18)6-7-16(15)20-11-14(10-19-20)13-4-2-1-3-5-13/h1-8,10-11H. The Hall–Kier alpha value is -2.38. The number of nitrogens with zero attached hydrogens (tertiary/aromatic N) is 3. The lowest BCUT2D eigenvalue weighted by atomic mass is 10.1. The molecule has 0 unspecified atom stereocenters. The van der Waals surface area contributed by atoms with Gasteiger partial charge in [0.05, 0.1) is 23.5 Å². The van der Waals surface area contributed by atoms with Gasteiger partial charge in [-0.2, -0.15) is 10.4 Å². The van der Waals surface area contributed by atoms with E-state index in [2.05, 4.69) is 39.2 Å². The molecule has 0 saturated heterocycles. The van der Waals surface area contributed by atoms with Crippen molar-refractivity contribution in [3.63, 3.8) is 0 Å². The van der Waals surface area contributed by atoms with Gasteiger partial charge in [0.1, 0.15) is 0 Å². The first-order valence-electron chi connectivity index (χ1n) is 6.08. The highest BCUT2D eigenvalue weighted by Crippen LogP contribution is 2.24. The molecule has 3 nitrogen and oxygen atoms in total. The summed E-state index contributed by atoms with van der Waals surface area (Å²) in [6, 6.07) is 17.7. The van der Waals surface area contributed by atoms with Crippen LogP contribution in [0.5, 0.6) is 0 Å². The average Bonchev–Trinajstić information content (AvgIpc) is 2.97. The Labute approximate surface area is 125 Å². The van der Waals surface area contributed by atoms with Gasteiger partial charge in [-0.05, 0) is 39.7 Å². The molecular formula is C16H10BrN3. The van der Waals surface area contributed by atoms with Crippen molar-refractivity contribution in [3.8, 4) is 22.9 Å². The van der Waals surface area contributed by atoms with Crippen molar-refractivity contribution in [3.05, 3.63) is 71.0 Å². The van der Waals surface area contributed by atoms with Gasteiger partial charge in [0.2, 0.25) is 0 Å². The molecule has 2 aromatic carbocycles. The van der Waals surface area contributed by atoms with E-state index < -0.39 is 0 Å². The van der Waals surface area contributed by atoms with E-state index in [1.54, 1.807) is 16.8 Å². The van der Waals surface area contributed by atoms with Crippen molar-refractivity contribution >= 4 is 15.9 Å². The highest BCUT2D eigenvalue weighted by molar-refractivity contribution is 9.10. The third-order valence-corrected chi connectivity index (χ3v) is 3.65. The predicted molar refractivity (Wildman–Crippen MR) is 81.4 cm³/mol. The third kappa shape index (κ3) is 2.36. The first kappa shape index (κ1) is 12.6. The van der Waals surface area contributed by atoms with Crippen molar-refractivity contribution in [2.75, 3.05) is 0 Å². The Morgan fingerprint density at radius 3 is 2.55 bits per heavy atom. The lowest BCUT2D eigenvalue weighted by Gasteiger charge is -2.04. The van der Waals surface area contributed by atoms with Crippen LogP contribution in [0.25, 0.3) is 16.8 Å². The highest BCUT2D eigenvalue weighted by Gasteiger charge is 2.07. The molecule has 96 valence electrons. The van der Waals surface area contributed by atoms with E-state index in [-0.39, 0.29) is 0 Å². The van der Waals surface area contributed by atoms with E-state index in [1.807, 2.05) is 36.7 Å². The number of benzene rings is 2. The molecule has 3 rings (SSSR count). The second-order valence-electron chi connectivity index (χ2n) is 4.32. The Kier molecular flexibility index (Phi) is 3.36. The fraction of sp³-hybridized carbons (Fsp3) is 0. The van der Waals surface area contributed by atoms with Gasteiger partial charge >= 0.3 is 0 Å². The average molecular weight is 324 g/mol. The SMILES string of the molecule is N#Cc1ccc(-n2cc(-c3ccccc3)cn2)c(Br)c1. The monoisotopic (exact) mass is 323 g/mol. The summed E-state index contributed by atoms with van der Waals surface area (Å²) in [6.07, 6.45) is 3.81. The third-order valence-electron chi connectivity index (χ3n) is 3.01. The summed E-state index contributed by atoms with van der Waals surface area (Å²) in [5.74, 6) is 0. The van der Waals surface area contributed by atoms with Gasteiger partial charge in [-0.25, -0.2) is 4.68 Å². The molecule has 0 spiro atoms. The molecule has 0 aliphatic rings. The normalized spacial score (nSPS) is 10.2. The maximum atomic E-state index is 8.88. The molecule has 1 aromatic heterocycles. The van der Waals surface area contributed by atoms with E-state index in [0.717, 1.165) is 21.3 Å². The highest BCUT2D eigenvalue weighted by atomic mass is 79.9. The molecular weight excluding hydrogens is 314 g/mol. The van der Waals surface area contributed by atoms with Crippen molar-refractivity contribution in [1.82, 2.24) is 9.78 Å². The summed E-state index contributed by atoms with van der Waals surface area (Å²) in [5, 5.41) is 13.3. The van der Waals surface area contributed by atoms with Gasteiger partial charge in [0.15, 0.2) is 0 Å². The fourth-order valence-electron chi connectivity index (χ4n) is 2.00. The lowest BCUT2D eigenvalue weighted by molar-refractivity contribution is 0.876. The quantitative estimate of drug-likeness (QED) is 0.710. The molecule has 1 heterocycles. The molecule has 4 heteroatoms. The predicted octanol–water partition coefficient (Wildman–Crippen LogP) is 4.17. The van der Waals surface area contributed by atoms with Gasteiger partial charge in [-0.15, -0.1) is 0 Å². The minimum Gasteiger partial charge on any atom is -0.239 e. The molecule has 0 radical (unpaired) electrons. The van der Waals surface area contributed by atoms with Crippen LogP contribution in [0.15, 0.2) is 65.4 Å². The van der Waals surface area contributed by atoms with Crippen LogP contribution in [0.3, 0.4) is 0 Å². The van der Waals surface area contributed by atoms with E-state index in [1.165, 1.54) is 0 Å². The molecule has 0 aliphatic carbocycles. The summed E-state index contributed by atoms with van der Waals surface area (Å²) in [4.78, 5) is 0. The number of hydrogen-bond donors (Lipinski definition) is 0. The maximum Gasteiger partial charge on any atom is 0.0992 e. The zero-order valence-corrected chi connectivity index (χ0v) is 12.1. The summed E-state index contributed by atoms with van der Waals surface area (Å²) < 4.78 is 2.65. The van der Waals surface area contributed by atoms with Crippen molar-refractivity contribution < 1.29 is 0 Å². The van der Waals surface area contributed by atoms with Crippen molar-refractivity contribution in [2.24, 2.45) is 0 Å². The van der Waals surface area contributed by atoms with Crippen LogP contribution in [-0.2, 0) is 0 Å². The molecule has 0 aliphatic heterocycles. The Morgan fingerprint density at radius 1 is 1.05 bits per heavy atom. The largest absolute Gasteiger partial charge is 0.239 e. The van der Waals surface area contributed by atoms with Crippen LogP contribution < -0.4 is 0 Å². The zero-order valence-electron chi connectivity index (χ0n) is 10.5. The lowest BCUT2D eigenvalue weighted by Crippen LogP contribution is -1.95. The first-order valence-corrected chi connectivity index (χ1v) is 6.87. The van der Waals surface area contributed by atoms with Crippen LogP contribution in [0, 0.1) is 11.3 Å². The molecule has 0 amide bonds. The number of halogens is 1. The fourth-order valence-corrected chi connectivity index (χ4v) is 2.56. The molecule has 0 fully saturated rings. The summed E-state index contributed by atoms with van der Waals surface area (Å²) >= 11 is 3.48. The minimum atomic E-state index is 0.621. The first-order chi connectivity index (χ1) is 9.78. The van der Waals surface area contributed by atoms with E-state index in [0.29, 0.717) is 5.56 Å². The van der Waals surface area contributed by atoms with Crippen LogP contribution >= 0.6 is 15.9 Å². The van der Waals surface area contributed by atoms with Gasteiger partial charge in [-0.1, -0.05) is 30.3 Å². The van der Waals surface area contributed by atoms with Gasteiger partial charge < -0.3 is 0 Å². The van der Waals surface area contributed by atoms with E-state index >= 15 is 0 Å². The Balaban J connectivity index is 2.01. The number of nitriles is 1. The number of rotatable bonds is 2. The smallest absolute Gasteiger partial charge is 0.0992 e. The molecule has 0 saturated carbocycles. The van der Waals surface area contributed by atoms with Gasteiger partial charge in [0, 0.05) is 16.2 Å². The number of aromatic nitrogens is 2. The summed E-state index contributed by atoms with van der Waals surface area (Å²) in [7, 11) is 0. The van der Waals surface area contributed by atoms with Crippen LogP contribution in [0.2, 0.25) is 0 Å². The van der Waals surface area contributed by atoms with Crippen LogP contribution in [-0.4, -0.2) is 9.78 Å². The second-order valence-corrected chi connectivity index (χ2v) is 5.17. The van der Waals surface area contributed by atoms with Crippen LogP contribution in [0.4, 0.5) is 0 Å². The molecule has 3 aromatic rings. The Morgan fingerprint density at radius 2 is 1.85 bits per heavy atom. The van der Waals surface area contributed by atoms with Crippen LogP contribution in [0.1, 0.15) is 5.56 Å². The maximum absolute atomic E-state index is 8.88. The molecule has 0 atom stereocenters. The minimum absolute atomic E-state index is 0.621. The zero-order chi connectivity index (χ0) is 13.9. The second kappa shape index (κ2) is 5.32. The van der Waals surface area contributed by atoms with Gasteiger partial charge in [-0.3, -0.25) is 0 Å². The topological polar surface area (TPSA) is 41.6 Å². The Bertz CT molecular complexity index is 785. The number of hydrogen-bond acceptors (Lipinski definition) is 2. The van der Waals surface area contributed by atoms with Gasteiger partial charge in [0.25, 0.3) is 0 Å². The molecule has 0 bridgehead atoms. The molecule has 20 heavy (non-hydrogen) atoms. The van der Waals surface area contributed by atoms with E-state index in [9.17, 15) is 0 Å². The van der Waals surface area contributed by atoms with Crippen molar-refractivity contribution in [2.45, 2.75) is 0 Å². The van der Waals surface area contributed by atoms with E-state index in [4.69, 9.17) is 5.26 Å². The molecule has 0 N–H and O–H groups in total. The van der Waals surface area contributed by atoms with Crippen molar-refractivity contribution in [1.29, 1.82) is 5.26 Å².